The number of rotatable bonds is 2. The summed E-state index contributed by atoms with van der Waals surface area (Å²) >= 11 is 1.72. The van der Waals surface area contributed by atoms with E-state index < -0.39 is 0 Å². The molecule has 0 unspecified atom stereocenters. The van der Waals surface area contributed by atoms with Crippen molar-refractivity contribution in [1.29, 1.82) is 0 Å². The molecule has 1 fully saturated rings. The molecule has 144 valence electrons. The molecule has 28 heavy (non-hydrogen) atoms. The van der Waals surface area contributed by atoms with Crippen LogP contribution in [0.3, 0.4) is 0 Å². The minimum atomic E-state index is 0.0385. The number of benzene rings is 2. The number of aromatic nitrogens is 1. The summed E-state index contributed by atoms with van der Waals surface area (Å²) in [6.45, 7) is 6.11. The normalized spacial score (nSPS) is 16.5. The molecule has 3 heterocycles. The van der Waals surface area contributed by atoms with Crippen LogP contribution < -0.4 is 14.4 Å². The van der Waals surface area contributed by atoms with Crippen LogP contribution in [0.1, 0.15) is 15.9 Å². The molecular formula is C21H21N3O3S. The van der Waals surface area contributed by atoms with E-state index in [1.165, 1.54) is 10.3 Å². The third-order valence-corrected chi connectivity index (χ3v) is 6.24. The third kappa shape index (κ3) is 3.16. The summed E-state index contributed by atoms with van der Waals surface area (Å²) in [5.41, 5.74) is 2.94. The standard InChI is InChI=1S/C21H21N3O3S/c1-14-2-4-16-19(12-14)28-21(22-16)24-8-6-23(7-9-24)20(25)15-3-5-17-18(13-15)27-11-10-26-17/h2-5,12-13H,6-11H2,1H3. The average molecular weight is 395 g/mol. The van der Waals surface area contributed by atoms with Crippen molar-refractivity contribution < 1.29 is 14.3 Å². The zero-order chi connectivity index (χ0) is 19.1. The Kier molecular flexibility index (Phi) is 4.31. The van der Waals surface area contributed by atoms with Crippen LogP contribution in [0.15, 0.2) is 36.4 Å². The number of hydrogen-bond acceptors (Lipinski definition) is 6. The molecule has 2 aliphatic heterocycles. The molecule has 6 nitrogen and oxygen atoms in total. The number of amides is 1. The predicted octanol–water partition coefficient (Wildman–Crippen LogP) is 3.34. The van der Waals surface area contributed by atoms with Crippen molar-refractivity contribution >= 4 is 32.6 Å². The van der Waals surface area contributed by atoms with Gasteiger partial charge in [0.15, 0.2) is 16.6 Å². The number of nitrogens with zero attached hydrogens (tertiary/aromatic N) is 3. The van der Waals surface area contributed by atoms with Crippen molar-refractivity contribution in [2.45, 2.75) is 6.92 Å². The van der Waals surface area contributed by atoms with E-state index in [-0.39, 0.29) is 5.91 Å². The van der Waals surface area contributed by atoms with Gasteiger partial charge in [0.1, 0.15) is 13.2 Å². The molecule has 1 amide bonds. The molecule has 2 aliphatic rings. The largest absolute Gasteiger partial charge is 0.486 e. The lowest BCUT2D eigenvalue weighted by molar-refractivity contribution is 0.0745. The Morgan fingerprint density at radius 2 is 1.79 bits per heavy atom. The fourth-order valence-corrected chi connectivity index (χ4v) is 4.73. The number of ether oxygens (including phenoxy) is 2. The molecule has 3 aromatic rings. The molecule has 0 bridgehead atoms. The lowest BCUT2D eigenvalue weighted by atomic mass is 10.1. The molecule has 0 spiro atoms. The lowest BCUT2D eigenvalue weighted by Gasteiger charge is -2.34. The summed E-state index contributed by atoms with van der Waals surface area (Å²) in [6, 6.07) is 11.8. The van der Waals surface area contributed by atoms with Gasteiger partial charge in [-0.1, -0.05) is 17.4 Å². The number of carbonyl (C=O) groups excluding carboxylic acids is 1. The van der Waals surface area contributed by atoms with Crippen LogP contribution in [0.4, 0.5) is 5.13 Å². The van der Waals surface area contributed by atoms with Crippen LogP contribution >= 0.6 is 11.3 Å². The van der Waals surface area contributed by atoms with Gasteiger partial charge in [0.25, 0.3) is 5.91 Å². The highest BCUT2D eigenvalue weighted by atomic mass is 32.1. The van der Waals surface area contributed by atoms with Crippen molar-refractivity contribution in [3.63, 3.8) is 0 Å². The summed E-state index contributed by atoms with van der Waals surface area (Å²) in [4.78, 5) is 21.8. The first-order valence-corrected chi connectivity index (χ1v) is 10.3. The highest BCUT2D eigenvalue weighted by Gasteiger charge is 2.25. The van der Waals surface area contributed by atoms with E-state index in [4.69, 9.17) is 14.5 Å². The first-order chi connectivity index (χ1) is 13.7. The van der Waals surface area contributed by atoms with Crippen molar-refractivity contribution in [2.24, 2.45) is 0 Å². The van der Waals surface area contributed by atoms with E-state index in [1.54, 1.807) is 17.4 Å². The monoisotopic (exact) mass is 395 g/mol. The van der Waals surface area contributed by atoms with Gasteiger partial charge in [-0.15, -0.1) is 0 Å². The van der Waals surface area contributed by atoms with Gasteiger partial charge in [-0.2, -0.15) is 0 Å². The minimum absolute atomic E-state index is 0.0385. The molecule has 0 atom stereocenters. The summed E-state index contributed by atoms with van der Waals surface area (Å²) in [6.07, 6.45) is 0. The number of carbonyl (C=O) groups is 1. The number of hydrogen-bond donors (Lipinski definition) is 0. The first-order valence-electron chi connectivity index (χ1n) is 9.48. The second kappa shape index (κ2) is 6.98. The van der Waals surface area contributed by atoms with Gasteiger partial charge in [-0.25, -0.2) is 4.98 Å². The van der Waals surface area contributed by atoms with Crippen molar-refractivity contribution in [3.05, 3.63) is 47.5 Å². The Balaban J connectivity index is 1.28. The fourth-order valence-electron chi connectivity index (χ4n) is 3.61. The number of piperazine rings is 1. The molecule has 1 saturated heterocycles. The van der Waals surface area contributed by atoms with E-state index >= 15 is 0 Å². The fraction of sp³-hybridized carbons (Fsp3) is 0.333. The van der Waals surface area contributed by atoms with Crippen LogP contribution in [-0.4, -0.2) is 55.2 Å². The van der Waals surface area contributed by atoms with Gasteiger partial charge in [0, 0.05) is 31.7 Å². The summed E-state index contributed by atoms with van der Waals surface area (Å²) in [7, 11) is 0. The van der Waals surface area contributed by atoms with Gasteiger partial charge < -0.3 is 19.3 Å². The van der Waals surface area contributed by atoms with Gasteiger partial charge >= 0.3 is 0 Å². The molecule has 5 rings (SSSR count). The Morgan fingerprint density at radius 3 is 2.61 bits per heavy atom. The Labute approximate surface area is 167 Å². The van der Waals surface area contributed by atoms with Crippen molar-refractivity contribution in [3.8, 4) is 11.5 Å². The lowest BCUT2D eigenvalue weighted by Crippen LogP contribution is -2.48. The zero-order valence-corrected chi connectivity index (χ0v) is 16.5. The quantitative estimate of drug-likeness (QED) is 0.666. The van der Waals surface area contributed by atoms with Crippen molar-refractivity contribution in [1.82, 2.24) is 9.88 Å². The molecule has 1 aromatic heterocycles. The van der Waals surface area contributed by atoms with E-state index in [1.807, 2.05) is 17.0 Å². The number of aryl methyl sites for hydroxylation is 1. The van der Waals surface area contributed by atoms with E-state index in [0.717, 1.165) is 23.7 Å². The van der Waals surface area contributed by atoms with E-state index in [2.05, 4.69) is 30.0 Å². The highest BCUT2D eigenvalue weighted by Crippen LogP contribution is 2.32. The second-order valence-corrected chi connectivity index (χ2v) is 8.11. The smallest absolute Gasteiger partial charge is 0.254 e. The summed E-state index contributed by atoms with van der Waals surface area (Å²) < 4.78 is 12.4. The van der Waals surface area contributed by atoms with Gasteiger partial charge in [0.05, 0.1) is 10.2 Å². The van der Waals surface area contributed by atoms with Gasteiger partial charge in [0.2, 0.25) is 0 Å². The molecule has 0 radical (unpaired) electrons. The number of anilines is 1. The molecular weight excluding hydrogens is 374 g/mol. The van der Waals surface area contributed by atoms with Crippen LogP contribution in [0.2, 0.25) is 0 Å². The third-order valence-electron chi connectivity index (χ3n) is 5.16. The molecule has 0 N–H and O–H groups in total. The van der Waals surface area contributed by atoms with E-state index in [0.29, 0.717) is 43.4 Å². The topological polar surface area (TPSA) is 54.9 Å². The average Bonchev–Trinajstić information content (AvgIpc) is 3.16. The SMILES string of the molecule is Cc1ccc2nc(N3CCN(C(=O)c4ccc5c(c4)OCCO5)CC3)sc2c1. The molecule has 7 heteroatoms. The number of fused-ring (bicyclic) bond motifs is 2. The summed E-state index contributed by atoms with van der Waals surface area (Å²) in [5.74, 6) is 1.40. The first kappa shape index (κ1) is 17.3. The van der Waals surface area contributed by atoms with E-state index in [9.17, 15) is 4.79 Å². The van der Waals surface area contributed by atoms with Crippen LogP contribution in [-0.2, 0) is 0 Å². The van der Waals surface area contributed by atoms with Gasteiger partial charge in [-0.3, -0.25) is 4.79 Å². The Bertz CT molecular complexity index is 1040. The zero-order valence-electron chi connectivity index (χ0n) is 15.7. The number of thiazole rings is 1. The Morgan fingerprint density at radius 1 is 1.00 bits per heavy atom. The van der Waals surface area contributed by atoms with Gasteiger partial charge in [-0.05, 0) is 42.8 Å². The molecule has 0 aliphatic carbocycles. The van der Waals surface area contributed by atoms with Crippen LogP contribution in [0, 0.1) is 6.92 Å². The predicted molar refractivity (Wildman–Crippen MR) is 110 cm³/mol. The maximum absolute atomic E-state index is 12.9. The highest BCUT2D eigenvalue weighted by molar-refractivity contribution is 7.22. The maximum Gasteiger partial charge on any atom is 0.254 e. The van der Waals surface area contributed by atoms with Crippen LogP contribution in [0.25, 0.3) is 10.2 Å². The maximum atomic E-state index is 12.9. The molecule has 2 aromatic carbocycles. The summed E-state index contributed by atoms with van der Waals surface area (Å²) in [5, 5.41) is 1.03. The Hall–Kier alpha value is -2.80. The van der Waals surface area contributed by atoms with Crippen molar-refractivity contribution in [2.75, 3.05) is 44.3 Å². The minimum Gasteiger partial charge on any atom is -0.486 e. The van der Waals surface area contributed by atoms with Crippen LogP contribution in [0.5, 0.6) is 11.5 Å². The molecule has 0 saturated carbocycles. The second-order valence-electron chi connectivity index (χ2n) is 7.11.